The van der Waals surface area contributed by atoms with Gasteiger partial charge in [-0.1, -0.05) is 26.0 Å². The molecule has 1 aromatic carbocycles. The number of Topliss-reactive ketones (excluding diaryl/α,β-unsaturated/α-hetero) is 1. The summed E-state index contributed by atoms with van der Waals surface area (Å²) in [6, 6.07) is 6.42. The van der Waals surface area contributed by atoms with Crippen LogP contribution < -0.4 is 10.1 Å². The van der Waals surface area contributed by atoms with Gasteiger partial charge in [0, 0.05) is 18.4 Å². The summed E-state index contributed by atoms with van der Waals surface area (Å²) in [5.41, 5.74) is 2.61. The zero-order chi connectivity index (χ0) is 13.2. The summed E-state index contributed by atoms with van der Waals surface area (Å²) >= 11 is 0. The lowest BCUT2D eigenvalue weighted by Crippen LogP contribution is -2.35. The number of rotatable bonds is 5. The second-order valence-electron chi connectivity index (χ2n) is 5.61. The van der Waals surface area contributed by atoms with Crippen molar-refractivity contribution in [3.8, 4) is 5.75 Å². The van der Waals surface area contributed by atoms with Gasteiger partial charge >= 0.3 is 0 Å². The molecule has 1 N–H and O–H groups in total. The zero-order valence-electron chi connectivity index (χ0n) is 11.4. The van der Waals surface area contributed by atoms with Crippen molar-refractivity contribution >= 4 is 5.78 Å². The van der Waals surface area contributed by atoms with Crippen LogP contribution in [0.4, 0.5) is 0 Å². The molecule has 3 nitrogen and oxygen atoms in total. The summed E-state index contributed by atoms with van der Waals surface area (Å²) in [6.45, 7) is 8.02. The number of ketones is 1. The minimum atomic E-state index is 0.0209. The summed E-state index contributed by atoms with van der Waals surface area (Å²) in [5.74, 6) is 1.19. The summed E-state index contributed by atoms with van der Waals surface area (Å²) in [6.07, 6.45) is 1.00. The van der Waals surface area contributed by atoms with E-state index in [1.54, 1.807) is 6.92 Å². The van der Waals surface area contributed by atoms with Crippen LogP contribution in [0.2, 0.25) is 0 Å². The number of hydrogen-bond acceptors (Lipinski definition) is 3. The van der Waals surface area contributed by atoms with E-state index in [0.29, 0.717) is 6.54 Å². The van der Waals surface area contributed by atoms with Crippen LogP contribution >= 0.6 is 0 Å². The maximum Gasteiger partial charge on any atom is 0.143 e. The number of hydrogen-bond donors (Lipinski definition) is 1. The van der Waals surface area contributed by atoms with Crippen molar-refractivity contribution in [3.05, 3.63) is 29.3 Å². The minimum Gasteiger partial charge on any atom is -0.493 e. The lowest BCUT2D eigenvalue weighted by atomic mass is 9.83. The van der Waals surface area contributed by atoms with Gasteiger partial charge in [-0.2, -0.15) is 0 Å². The van der Waals surface area contributed by atoms with Crippen molar-refractivity contribution < 1.29 is 9.53 Å². The molecular formula is C15H21NO2. The molecule has 3 heteroatoms. The first-order chi connectivity index (χ1) is 8.49. The summed E-state index contributed by atoms with van der Waals surface area (Å²) in [7, 11) is 0. The van der Waals surface area contributed by atoms with E-state index in [9.17, 15) is 4.79 Å². The first kappa shape index (κ1) is 13.1. The van der Waals surface area contributed by atoms with Gasteiger partial charge < -0.3 is 10.1 Å². The summed E-state index contributed by atoms with van der Waals surface area (Å²) in [5, 5.41) is 3.21. The molecule has 0 aliphatic carbocycles. The van der Waals surface area contributed by atoms with E-state index in [2.05, 4.69) is 37.4 Å². The van der Waals surface area contributed by atoms with Gasteiger partial charge in [0.1, 0.15) is 11.5 Å². The maximum atomic E-state index is 10.9. The Hall–Kier alpha value is -1.35. The number of ether oxygens (including phenoxy) is 1. The third-order valence-corrected chi connectivity index (χ3v) is 3.41. The smallest absolute Gasteiger partial charge is 0.143 e. The molecular weight excluding hydrogens is 226 g/mol. The van der Waals surface area contributed by atoms with Gasteiger partial charge in [-0.05, 0) is 24.1 Å². The van der Waals surface area contributed by atoms with Crippen LogP contribution in [0.25, 0.3) is 0 Å². The molecule has 98 valence electrons. The van der Waals surface area contributed by atoms with Gasteiger partial charge in [-0.25, -0.2) is 0 Å². The SMILES string of the molecule is CC(=O)CNCC(C)(C)c1ccc2c(c1)CCO2. The van der Waals surface area contributed by atoms with Gasteiger partial charge in [0.2, 0.25) is 0 Å². The number of carbonyl (C=O) groups excluding carboxylic acids is 1. The van der Waals surface area contributed by atoms with Crippen LogP contribution in [0.3, 0.4) is 0 Å². The largest absolute Gasteiger partial charge is 0.493 e. The second kappa shape index (κ2) is 5.11. The molecule has 0 saturated heterocycles. The standard InChI is InChI=1S/C15H21NO2/c1-11(17)9-16-10-15(2,3)13-4-5-14-12(8-13)6-7-18-14/h4-5,8,16H,6-7,9-10H2,1-3H3. The molecule has 0 radical (unpaired) electrons. The maximum absolute atomic E-state index is 10.9. The molecule has 0 spiro atoms. The molecule has 0 bridgehead atoms. The van der Waals surface area contributed by atoms with E-state index < -0.39 is 0 Å². The third kappa shape index (κ3) is 2.91. The third-order valence-electron chi connectivity index (χ3n) is 3.41. The van der Waals surface area contributed by atoms with Crippen LogP contribution in [-0.2, 0) is 16.6 Å². The lowest BCUT2D eigenvalue weighted by molar-refractivity contribution is -0.116. The predicted octanol–water partition coefficient (Wildman–Crippen LogP) is 2.08. The Kier molecular flexibility index (Phi) is 3.71. The molecule has 0 unspecified atom stereocenters. The first-order valence-corrected chi connectivity index (χ1v) is 6.45. The van der Waals surface area contributed by atoms with E-state index in [0.717, 1.165) is 25.3 Å². The van der Waals surface area contributed by atoms with Crippen molar-refractivity contribution in [3.63, 3.8) is 0 Å². The molecule has 0 fully saturated rings. The van der Waals surface area contributed by atoms with Crippen molar-refractivity contribution in [2.75, 3.05) is 19.7 Å². The molecule has 1 aliphatic heterocycles. The fourth-order valence-electron chi connectivity index (χ4n) is 2.26. The lowest BCUT2D eigenvalue weighted by Gasteiger charge is -2.26. The Balaban J connectivity index is 2.07. The molecule has 18 heavy (non-hydrogen) atoms. The second-order valence-corrected chi connectivity index (χ2v) is 5.61. The van der Waals surface area contributed by atoms with E-state index in [1.165, 1.54) is 11.1 Å². The van der Waals surface area contributed by atoms with Crippen molar-refractivity contribution in [2.24, 2.45) is 0 Å². The fourth-order valence-corrected chi connectivity index (χ4v) is 2.26. The predicted molar refractivity (Wildman–Crippen MR) is 72.2 cm³/mol. The van der Waals surface area contributed by atoms with Gasteiger partial charge in [0.25, 0.3) is 0 Å². The number of carbonyl (C=O) groups is 1. The topological polar surface area (TPSA) is 38.3 Å². The van der Waals surface area contributed by atoms with Crippen LogP contribution in [0.5, 0.6) is 5.75 Å². The highest BCUT2D eigenvalue weighted by atomic mass is 16.5. The monoisotopic (exact) mass is 247 g/mol. The van der Waals surface area contributed by atoms with Gasteiger partial charge in [-0.15, -0.1) is 0 Å². The fraction of sp³-hybridized carbons (Fsp3) is 0.533. The van der Waals surface area contributed by atoms with E-state index in [1.807, 2.05) is 0 Å². The summed E-state index contributed by atoms with van der Waals surface area (Å²) < 4.78 is 5.52. The normalized spacial score (nSPS) is 14.2. The van der Waals surface area contributed by atoms with Crippen molar-refractivity contribution in [2.45, 2.75) is 32.6 Å². The van der Waals surface area contributed by atoms with Crippen LogP contribution in [-0.4, -0.2) is 25.5 Å². The number of fused-ring (bicyclic) bond motifs is 1. The molecule has 0 saturated carbocycles. The highest BCUT2D eigenvalue weighted by Crippen LogP contribution is 2.31. The van der Waals surface area contributed by atoms with E-state index >= 15 is 0 Å². The molecule has 0 atom stereocenters. The van der Waals surface area contributed by atoms with Crippen molar-refractivity contribution in [1.29, 1.82) is 0 Å². The molecule has 0 aromatic heterocycles. The van der Waals surface area contributed by atoms with Crippen molar-refractivity contribution in [1.82, 2.24) is 5.32 Å². The Morgan fingerprint density at radius 1 is 1.44 bits per heavy atom. The molecule has 1 aliphatic rings. The number of benzene rings is 1. The Morgan fingerprint density at radius 2 is 2.22 bits per heavy atom. The minimum absolute atomic E-state index is 0.0209. The quantitative estimate of drug-likeness (QED) is 0.865. The molecule has 2 rings (SSSR count). The van der Waals surface area contributed by atoms with E-state index in [4.69, 9.17) is 4.74 Å². The molecule has 0 amide bonds. The summed E-state index contributed by atoms with van der Waals surface area (Å²) in [4.78, 5) is 10.9. The van der Waals surface area contributed by atoms with Gasteiger partial charge in [0.15, 0.2) is 0 Å². The zero-order valence-corrected chi connectivity index (χ0v) is 11.4. The average molecular weight is 247 g/mol. The van der Waals surface area contributed by atoms with Gasteiger partial charge in [0.05, 0.1) is 13.2 Å². The number of nitrogens with one attached hydrogen (secondary N) is 1. The van der Waals surface area contributed by atoms with Crippen LogP contribution in [0, 0.1) is 0 Å². The molecule has 1 aromatic rings. The van der Waals surface area contributed by atoms with Crippen LogP contribution in [0.15, 0.2) is 18.2 Å². The van der Waals surface area contributed by atoms with E-state index in [-0.39, 0.29) is 11.2 Å². The van der Waals surface area contributed by atoms with Crippen LogP contribution in [0.1, 0.15) is 31.9 Å². The first-order valence-electron chi connectivity index (χ1n) is 6.45. The Labute approximate surface area is 109 Å². The van der Waals surface area contributed by atoms with Gasteiger partial charge in [-0.3, -0.25) is 4.79 Å². The average Bonchev–Trinajstić information content (AvgIpc) is 2.74. The highest BCUT2D eigenvalue weighted by Gasteiger charge is 2.23. The highest BCUT2D eigenvalue weighted by molar-refractivity contribution is 5.77. The molecule has 1 heterocycles. The Bertz CT molecular complexity index is 452. The Morgan fingerprint density at radius 3 is 2.94 bits per heavy atom.